The molecule has 0 aliphatic carbocycles. The molecule has 1 N–H and O–H groups in total. The van der Waals surface area contributed by atoms with Crippen LogP contribution in [0.4, 0.5) is 5.69 Å². The van der Waals surface area contributed by atoms with Crippen LogP contribution in [0.15, 0.2) is 60.8 Å². The topological polar surface area (TPSA) is 59.7 Å². The summed E-state index contributed by atoms with van der Waals surface area (Å²) >= 11 is 0. The van der Waals surface area contributed by atoms with Crippen LogP contribution in [0.25, 0.3) is 10.9 Å². The van der Waals surface area contributed by atoms with E-state index in [2.05, 4.69) is 9.88 Å². The monoisotopic (exact) mass is 390 g/mol. The van der Waals surface area contributed by atoms with Gasteiger partial charge in [-0.15, -0.1) is 0 Å². The summed E-state index contributed by atoms with van der Waals surface area (Å²) in [5.74, 6) is 0.205. The van der Waals surface area contributed by atoms with Crippen molar-refractivity contribution < 1.29 is 9.59 Å². The highest BCUT2D eigenvalue weighted by Crippen LogP contribution is 2.19. The molecule has 4 rings (SSSR count). The van der Waals surface area contributed by atoms with Crippen molar-refractivity contribution in [2.45, 2.75) is 6.42 Å². The van der Waals surface area contributed by atoms with E-state index in [-0.39, 0.29) is 11.8 Å². The maximum Gasteiger partial charge on any atom is 0.240 e. The number of para-hydroxylation sites is 2. The van der Waals surface area contributed by atoms with Crippen molar-refractivity contribution in [3.05, 3.63) is 66.4 Å². The number of rotatable bonds is 5. The molecule has 29 heavy (non-hydrogen) atoms. The second-order valence-electron chi connectivity index (χ2n) is 7.48. The second-order valence-corrected chi connectivity index (χ2v) is 7.48. The summed E-state index contributed by atoms with van der Waals surface area (Å²) in [4.78, 5) is 34.3. The van der Waals surface area contributed by atoms with Crippen LogP contribution in [0.3, 0.4) is 0 Å². The third kappa shape index (κ3) is 4.32. The standard InChI is InChI=1S/C23H26N4O2/c1-25(19-7-3-2-4-8-19)23(29)17-26-11-13-27(14-12-26)22(28)15-18-16-24-21-10-6-5-9-20(18)21/h2-10,16,24H,11-15,17H2,1H3. The van der Waals surface area contributed by atoms with E-state index in [1.807, 2.05) is 65.7 Å². The number of piperazine rings is 1. The SMILES string of the molecule is CN(C(=O)CN1CCN(C(=O)Cc2c[nH]c3ccccc23)CC1)c1ccccc1. The number of carbonyl (C=O) groups is 2. The van der Waals surface area contributed by atoms with Gasteiger partial charge in [0.15, 0.2) is 0 Å². The summed E-state index contributed by atoms with van der Waals surface area (Å²) in [7, 11) is 1.80. The Morgan fingerprint density at radius 1 is 0.966 bits per heavy atom. The van der Waals surface area contributed by atoms with Crippen LogP contribution in [0.2, 0.25) is 0 Å². The largest absolute Gasteiger partial charge is 0.361 e. The fourth-order valence-electron chi connectivity index (χ4n) is 3.80. The molecule has 0 atom stereocenters. The predicted molar refractivity (Wildman–Crippen MR) is 115 cm³/mol. The molecule has 0 bridgehead atoms. The first-order valence-corrected chi connectivity index (χ1v) is 9.98. The molecular weight excluding hydrogens is 364 g/mol. The Balaban J connectivity index is 1.29. The lowest BCUT2D eigenvalue weighted by atomic mass is 10.1. The first kappa shape index (κ1) is 19.2. The van der Waals surface area contributed by atoms with Gasteiger partial charge < -0.3 is 14.8 Å². The molecule has 3 aromatic rings. The van der Waals surface area contributed by atoms with Gasteiger partial charge in [0.05, 0.1) is 13.0 Å². The average Bonchev–Trinajstić information content (AvgIpc) is 3.17. The van der Waals surface area contributed by atoms with Crippen LogP contribution in [0, 0.1) is 0 Å². The smallest absolute Gasteiger partial charge is 0.240 e. The Hall–Kier alpha value is -3.12. The van der Waals surface area contributed by atoms with Crippen molar-refractivity contribution in [1.82, 2.24) is 14.8 Å². The van der Waals surface area contributed by atoms with Crippen molar-refractivity contribution in [2.24, 2.45) is 0 Å². The number of amides is 2. The van der Waals surface area contributed by atoms with Crippen LogP contribution in [0.1, 0.15) is 5.56 Å². The highest BCUT2D eigenvalue weighted by Gasteiger charge is 2.24. The number of fused-ring (bicyclic) bond motifs is 1. The minimum Gasteiger partial charge on any atom is -0.361 e. The minimum absolute atomic E-state index is 0.0646. The molecule has 1 aliphatic rings. The Bertz CT molecular complexity index is 990. The Labute approximate surface area is 170 Å². The van der Waals surface area contributed by atoms with Crippen molar-refractivity contribution in [1.29, 1.82) is 0 Å². The summed E-state index contributed by atoms with van der Waals surface area (Å²) < 4.78 is 0. The molecule has 2 amide bonds. The van der Waals surface area contributed by atoms with E-state index in [0.29, 0.717) is 39.1 Å². The molecule has 0 spiro atoms. The fourth-order valence-corrected chi connectivity index (χ4v) is 3.80. The van der Waals surface area contributed by atoms with E-state index in [1.165, 1.54) is 0 Å². The summed E-state index contributed by atoms with van der Waals surface area (Å²) in [6, 6.07) is 17.7. The van der Waals surface area contributed by atoms with Gasteiger partial charge in [0.25, 0.3) is 0 Å². The maximum atomic E-state index is 12.7. The van der Waals surface area contributed by atoms with Gasteiger partial charge in [0.2, 0.25) is 11.8 Å². The Morgan fingerprint density at radius 3 is 2.41 bits per heavy atom. The van der Waals surface area contributed by atoms with Crippen LogP contribution in [-0.4, -0.2) is 66.4 Å². The molecule has 1 saturated heterocycles. The molecule has 2 heterocycles. The van der Waals surface area contributed by atoms with Gasteiger partial charge in [-0.05, 0) is 23.8 Å². The number of aromatic nitrogens is 1. The number of nitrogens with zero attached hydrogens (tertiary/aromatic N) is 3. The van der Waals surface area contributed by atoms with Crippen LogP contribution in [0.5, 0.6) is 0 Å². The number of hydrogen-bond donors (Lipinski definition) is 1. The van der Waals surface area contributed by atoms with E-state index in [4.69, 9.17) is 0 Å². The number of benzene rings is 2. The first-order chi connectivity index (χ1) is 14.1. The van der Waals surface area contributed by atoms with Crippen molar-refractivity contribution in [3.8, 4) is 0 Å². The molecule has 6 nitrogen and oxygen atoms in total. The van der Waals surface area contributed by atoms with Crippen molar-refractivity contribution >= 4 is 28.4 Å². The van der Waals surface area contributed by atoms with E-state index < -0.39 is 0 Å². The van der Waals surface area contributed by atoms with E-state index >= 15 is 0 Å². The third-order valence-corrected chi connectivity index (χ3v) is 5.62. The molecule has 150 valence electrons. The zero-order chi connectivity index (χ0) is 20.2. The number of aromatic amines is 1. The van der Waals surface area contributed by atoms with Crippen LogP contribution < -0.4 is 4.90 Å². The number of H-pyrrole nitrogens is 1. The maximum absolute atomic E-state index is 12.7. The van der Waals surface area contributed by atoms with Crippen molar-refractivity contribution in [3.63, 3.8) is 0 Å². The molecule has 1 aromatic heterocycles. The summed E-state index contributed by atoms with van der Waals surface area (Å²) in [6.45, 7) is 3.12. The van der Waals surface area contributed by atoms with Crippen LogP contribution in [-0.2, 0) is 16.0 Å². The molecule has 0 unspecified atom stereocenters. The number of hydrogen-bond acceptors (Lipinski definition) is 3. The first-order valence-electron chi connectivity index (χ1n) is 9.98. The average molecular weight is 390 g/mol. The second kappa shape index (κ2) is 8.49. The van der Waals surface area contributed by atoms with E-state index in [0.717, 1.165) is 22.2 Å². The van der Waals surface area contributed by atoms with Gasteiger partial charge in [0.1, 0.15) is 0 Å². The molecular formula is C23H26N4O2. The highest BCUT2D eigenvalue weighted by atomic mass is 16.2. The number of anilines is 1. The molecule has 1 aliphatic heterocycles. The predicted octanol–water partition coefficient (Wildman–Crippen LogP) is 2.52. The quantitative estimate of drug-likeness (QED) is 0.728. The lowest BCUT2D eigenvalue weighted by molar-refractivity contribution is -0.132. The number of likely N-dealkylation sites (N-methyl/N-ethyl adjacent to an activating group) is 1. The van der Waals surface area contributed by atoms with Crippen LogP contribution >= 0.6 is 0 Å². The summed E-state index contributed by atoms with van der Waals surface area (Å²) in [6.07, 6.45) is 2.33. The highest BCUT2D eigenvalue weighted by molar-refractivity contribution is 5.94. The minimum atomic E-state index is 0.0646. The van der Waals surface area contributed by atoms with Gasteiger partial charge in [0, 0.05) is 56.0 Å². The normalized spacial score (nSPS) is 14.9. The molecule has 1 fully saturated rings. The van der Waals surface area contributed by atoms with Gasteiger partial charge in [-0.2, -0.15) is 0 Å². The Kier molecular flexibility index (Phi) is 5.62. The Morgan fingerprint density at radius 2 is 1.66 bits per heavy atom. The van der Waals surface area contributed by atoms with E-state index in [1.54, 1.807) is 11.9 Å². The summed E-state index contributed by atoms with van der Waals surface area (Å²) in [5.41, 5.74) is 2.99. The van der Waals surface area contributed by atoms with Gasteiger partial charge >= 0.3 is 0 Å². The molecule has 6 heteroatoms. The number of carbonyl (C=O) groups excluding carboxylic acids is 2. The molecule has 2 aromatic carbocycles. The molecule has 0 radical (unpaired) electrons. The third-order valence-electron chi connectivity index (χ3n) is 5.62. The molecule has 0 saturated carbocycles. The van der Waals surface area contributed by atoms with Gasteiger partial charge in [-0.1, -0.05) is 36.4 Å². The lowest BCUT2D eigenvalue weighted by Gasteiger charge is -2.35. The zero-order valence-corrected chi connectivity index (χ0v) is 16.7. The van der Waals surface area contributed by atoms with Gasteiger partial charge in [-0.25, -0.2) is 0 Å². The lowest BCUT2D eigenvalue weighted by Crippen LogP contribution is -2.51. The fraction of sp³-hybridized carbons (Fsp3) is 0.304. The zero-order valence-electron chi connectivity index (χ0n) is 16.7. The van der Waals surface area contributed by atoms with E-state index in [9.17, 15) is 9.59 Å². The van der Waals surface area contributed by atoms with Gasteiger partial charge in [-0.3, -0.25) is 14.5 Å². The van der Waals surface area contributed by atoms with Crippen molar-refractivity contribution in [2.75, 3.05) is 44.7 Å². The number of nitrogens with one attached hydrogen (secondary N) is 1. The summed E-state index contributed by atoms with van der Waals surface area (Å²) in [5, 5.41) is 1.11.